The lowest BCUT2D eigenvalue weighted by molar-refractivity contribution is -0.125. The lowest BCUT2D eigenvalue weighted by Crippen LogP contribution is -2.30. The lowest BCUT2D eigenvalue weighted by atomic mass is 10.2. The molecule has 21 heavy (non-hydrogen) atoms. The Balaban J connectivity index is 4.67. The molecule has 0 radical (unpaired) electrons. The second kappa shape index (κ2) is 10.4. The Morgan fingerprint density at radius 2 is 1.67 bits per heavy atom. The Bertz CT molecular complexity index is 450. The van der Waals surface area contributed by atoms with Crippen molar-refractivity contribution in [2.45, 2.75) is 6.92 Å². The molecule has 0 aliphatic carbocycles. The van der Waals surface area contributed by atoms with E-state index in [2.05, 4.69) is 26.3 Å². The summed E-state index contributed by atoms with van der Waals surface area (Å²) in [4.78, 5) is 26.3. The van der Waals surface area contributed by atoms with Crippen LogP contribution in [0.15, 0.2) is 62.4 Å². The van der Waals surface area contributed by atoms with Gasteiger partial charge in [-0.15, -0.1) is 13.2 Å². The first kappa shape index (κ1) is 18.6. The summed E-state index contributed by atoms with van der Waals surface area (Å²) in [6, 6.07) is 0. The molecule has 0 rings (SSSR count). The lowest BCUT2D eigenvalue weighted by Gasteiger charge is -2.21. The van der Waals surface area contributed by atoms with Gasteiger partial charge in [0.2, 0.25) is 5.91 Å². The standard InChI is InChI=1S/C17H24N2O2/c1-6-10-18(14-15(4)16(5)20)12-9-13-19(11-7-2)17(21)8-3/h6-9,12H,1-4,10-11,13-14H2,5H3/b12-9+. The van der Waals surface area contributed by atoms with Crippen LogP contribution < -0.4 is 0 Å². The van der Waals surface area contributed by atoms with Crippen LogP contribution >= 0.6 is 0 Å². The number of amides is 1. The molecule has 0 heterocycles. The Morgan fingerprint density at radius 3 is 2.14 bits per heavy atom. The van der Waals surface area contributed by atoms with Gasteiger partial charge in [-0.3, -0.25) is 9.59 Å². The van der Waals surface area contributed by atoms with Crippen molar-refractivity contribution >= 4 is 11.7 Å². The molecule has 0 saturated heterocycles. The molecule has 0 fully saturated rings. The maximum atomic E-state index is 11.6. The molecule has 0 unspecified atom stereocenters. The van der Waals surface area contributed by atoms with Crippen LogP contribution in [0.1, 0.15) is 6.92 Å². The van der Waals surface area contributed by atoms with E-state index in [-0.39, 0.29) is 11.7 Å². The van der Waals surface area contributed by atoms with E-state index in [0.717, 1.165) is 0 Å². The van der Waals surface area contributed by atoms with Crippen LogP contribution in [0.3, 0.4) is 0 Å². The maximum absolute atomic E-state index is 11.6. The SMILES string of the molecule is C=CCN(/C=C/CN(CC=C)C(=O)C=C)CC(=C)C(C)=O. The fourth-order valence-electron chi connectivity index (χ4n) is 1.56. The second-order valence-corrected chi connectivity index (χ2v) is 4.50. The van der Waals surface area contributed by atoms with E-state index >= 15 is 0 Å². The van der Waals surface area contributed by atoms with E-state index in [1.807, 2.05) is 17.2 Å². The highest BCUT2D eigenvalue weighted by Gasteiger charge is 2.07. The van der Waals surface area contributed by atoms with Crippen molar-refractivity contribution in [3.63, 3.8) is 0 Å². The number of ketones is 1. The van der Waals surface area contributed by atoms with E-state index in [0.29, 0.717) is 31.8 Å². The van der Waals surface area contributed by atoms with Gasteiger partial charge in [-0.25, -0.2) is 0 Å². The van der Waals surface area contributed by atoms with Crippen LogP contribution in [0.25, 0.3) is 0 Å². The van der Waals surface area contributed by atoms with Gasteiger partial charge in [0.15, 0.2) is 5.78 Å². The third-order valence-electron chi connectivity index (χ3n) is 2.73. The quantitative estimate of drug-likeness (QED) is 0.433. The van der Waals surface area contributed by atoms with Crippen LogP contribution in [0, 0.1) is 0 Å². The summed E-state index contributed by atoms with van der Waals surface area (Å²) in [5.74, 6) is -0.185. The maximum Gasteiger partial charge on any atom is 0.246 e. The van der Waals surface area contributed by atoms with Gasteiger partial charge < -0.3 is 9.80 Å². The number of hydrogen-bond donors (Lipinski definition) is 0. The van der Waals surface area contributed by atoms with E-state index < -0.39 is 0 Å². The molecule has 1 amide bonds. The van der Waals surface area contributed by atoms with Gasteiger partial charge in [0.05, 0.1) is 0 Å². The molecule has 0 atom stereocenters. The third kappa shape index (κ3) is 7.72. The minimum absolute atomic E-state index is 0.0346. The predicted octanol–water partition coefficient (Wildman–Crippen LogP) is 2.33. The zero-order chi connectivity index (χ0) is 16.3. The average Bonchev–Trinajstić information content (AvgIpc) is 2.45. The molecule has 4 heteroatoms. The summed E-state index contributed by atoms with van der Waals surface area (Å²) < 4.78 is 0. The highest BCUT2D eigenvalue weighted by Crippen LogP contribution is 2.01. The van der Waals surface area contributed by atoms with Crippen molar-refractivity contribution in [1.29, 1.82) is 0 Å². The summed E-state index contributed by atoms with van der Waals surface area (Å²) in [7, 11) is 0. The van der Waals surface area contributed by atoms with Gasteiger partial charge >= 0.3 is 0 Å². The minimum atomic E-state index is -0.150. The smallest absolute Gasteiger partial charge is 0.246 e. The molecular formula is C17H24N2O2. The van der Waals surface area contributed by atoms with Crippen LogP contribution in [-0.4, -0.2) is 47.7 Å². The first-order valence-electron chi connectivity index (χ1n) is 6.68. The summed E-state index contributed by atoms with van der Waals surface area (Å²) >= 11 is 0. The summed E-state index contributed by atoms with van der Waals surface area (Å²) in [5, 5.41) is 0. The number of carbonyl (C=O) groups is 2. The topological polar surface area (TPSA) is 40.6 Å². The molecule has 0 spiro atoms. The minimum Gasteiger partial charge on any atom is -0.370 e. The van der Waals surface area contributed by atoms with Crippen molar-refractivity contribution < 1.29 is 9.59 Å². The third-order valence-corrected chi connectivity index (χ3v) is 2.73. The van der Waals surface area contributed by atoms with Gasteiger partial charge in [-0.1, -0.05) is 25.3 Å². The summed E-state index contributed by atoms with van der Waals surface area (Å²) in [6.07, 6.45) is 8.36. The van der Waals surface area contributed by atoms with Crippen molar-refractivity contribution in [3.05, 3.63) is 62.4 Å². The van der Waals surface area contributed by atoms with Crippen molar-refractivity contribution in [1.82, 2.24) is 9.80 Å². The fourth-order valence-corrected chi connectivity index (χ4v) is 1.56. The van der Waals surface area contributed by atoms with Gasteiger partial charge in [0.25, 0.3) is 0 Å². The van der Waals surface area contributed by atoms with E-state index in [1.165, 1.54) is 13.0 Å². The van der Waals surface area contributed by atoms with Crippen molar-refractivity contribution in [2.75, 3.05) is 26.2 Å². The monoisotopic (exact) mass is 288 g/mol. The number of nitrogens with zero attached hydrogens (tertiary/aromatic N) is 2. The van der Waals surface area contributed by atoms with E-state index in [9.17, 15) is 9.59 Å². The van der Waals surface area contributed by atoms with Crippen LogP contribution in [0.5, 0.6) is 0 Å². The zero-order valence-corrected chi connectivity index (χ0v) is 12.8. The van der Waals surface area contributed by atoms with Crippen molar-refractivity contribution in [3.8, 4) is 0 Å². The number of hydrogen-bond acceptors (Lipinski definition) is 3. The average molecular weight is 288 g/mol. The number of carbonyl (C=O) groups excluding carboxylic acids is 2. The molecule has 0 aromatic carbocycles. The Labute approximate surface area is 127 Å². The molecule has 0 bridgehead atoms. The van der Waals surface area contributed by atoms with Crippen molar-refractivity contribution in [2.24, 2.45) is 0 Å². The molecule has 0 aromatic heterocycles. The van der Waals surface area contributed by atoms with Crippen LogP contribution in [0.2, 0.25) is 0 Å². The van der Waals surface area contributed by atoms with E-state index in [4.69, 9.17) is 0 Å². The van der Waals surface area contributed by atoms with Gasteiger partial charge in [0.1, 0.15) is 0 Å². The summed E-state index contributed by atoms with van der Waals surface area (Å²) in [5.41, 5.74) is 0.534. The normalized spacial score (nSPS) is 9.95. The number of Topliss-reactive ketones (excluding diaryl/α,β-unsaturated/α-hetero) is 1. The molecule has 0 N–H and O–H groups in total. The first-order chi connectivity index (χ1) is 9.96. The summed E-state index contributed by atoms with van der Waals surface area (Å²) in [6.45, 7) is 17.9. The number of rotatable bonds is 11. The van der Waals surface area contributed by atoms with Gasteiger partial charge in [-0.05, 0) is 25.3 Å². The highest BCUT2D eigenvalue weighted by molar-refractivity contribution is 5.93. The Kier molecular flexibility index (Phi) is 9.26. The Hall–Kier alpha value is -2.36. The largest absolute Gasteiger partial charge is 0.370 e. The fraction of sp³-hybridized carbons (Fsp3) is 0.294. The first-order valence-corrected chi connectivity index (χ1v) is 6.68. The van der Waals surface area contributed by atoms with Crippen LogP contribution in [-0.2, 0) is 9.59 Å². The molecule has 0 aliphatic heterocycles. The van der Waals surface area contributed by atoms with Crippen LogP contribution in [0.4, 0.5) is 0 Å². The van der Waals surface area contributed by atoms with E-state index in [1.54, 1.807) is 17.1 Å². The molecule has 114 valence electrons. The molecular weight excluding hydrogens is 264 g/mol. The predicted molar refractivity (Wildman–Crippen MR) is 87.7 cm³/mol. The Morgan fingerprint density at radius 1 is 1.05 bits per heavy atom. The zero-order valence-electron chi connectivity index (χ0n) is 12.8. The van der Waals surface area contributed by atoms with Gasteiger partial charge in [0, 0.05) is 31.8 Å². The van der Waals surface area contributed by atoms with Gasteiger partial charge in [-0.2, -0.15) is 0 Å². The molecule has 0 aromatic rings. The molecule has 0 saturated carbocycles. The second-order valence-electron chi connectivity index (χ2n) is 4.50. The highest BCUT2D eigenvalue weighted by atomic mass is 16.2. The molecule has 4 nitrogen and oxygen atoms in total. The molecule has 0 aliphatic rings.